The highest BCUT2D eigenvalue weighted by molar-refractivity contribution is 6.20. The fourth-order valence-electron chi connectivity index (χ4n) is 2.70. The molecule has 1 atom stereocenters. The van der Waals surface area contributed by atoms with E-state index < -0.39 is 0 Å². The minimum atomic E-state index is -0.102. The van der Waals surface area contributed by atoms with Gasteiger partial charge in [0.05, 0.1) is 11.1 Å². The van der Waals surface area contributed by atoms with Crippen LogP contribution in [0.3, 0.4) is 0 Å². The maximum Gasteiger partial charge on any atom is 0.158 e. The zero-order valence-corrected chi connectivity index (χ0v) is 14.2. The van der Waals surface area contributed by atoms with Gasteiger partial charge in [-0.05, 0) is 26.2 Å². The topological polar surface area (TPSA) is 44.9 Å². The first kappa shape index (κ1) is 16.3. The van der Waals surface area contributed by atoms with Gasteiger partial charge in [0.2, 0.25) is 0 Å². The summed E-state index contributed by atoms with van der Waals surface area (Å²) in [4.78, 5) is 4.77. The van der Waals surface area contributed by atoms with Crippen molar-refractivity contribution in [2.45, 2.75) is 51.5 Å². The molecule has 21 heavy (non-hydrogen) atoms. The minimum Gasteiger partial charge on any atom is -0.385 e. The lowest BCUT2D eigenvalue weighted by Crippen LogP contribution is -2.09. The number of hydrogen-bond donors (Lipinski definition) is 0. The van der Waals surface area contributed by atoms with Crippen LogP contribution in [0.5, 0.6) is 0 Å². The van der Waals surface area contributed by atoms with E-state index in [0.29, 0.717) is 0 Å². The first-order valence-electron chi connectivity index (χ1n) is 7.65. The van der Waals surface area contributed by atoms with Gasteiger partial charge in [-0.15, -0.1) is 11.6 Å². The number of methoxy groups -OCH3 is 1. The average molecular weight is 313 g/mol. The van der Waals surface area contributed by atoms with E-state index in [-0.39, 0.29) is 5.38 Å². The summed E-state index contributed by atoms with van der Waals surface area (Å²) < 4.78 is 9.27. The molecular formula is C15H25ClN4O. The van der Waals surface area contributed by atoms with Crippen molar-refractivity contribution >= 4 is 22.8 Å². The van der Waals surface area contributed by atoms with E-state index in [4.69, 9.17) is 21.3 Å². The van der Waals surface area contributed by atoms with Gasteiger partial charge in [-0.25, -0.2) is 4.98 Å². The fraction of sp³-hybridized carbons (Fsp3) is 0.733. The lowest BCUT2D eigenvalue weighted by atomic mass is 10.2. The third-order valence-electron chi connectivity index (χ3n) is 3.64. The van der Waals surface area contributed by atoms with Crippen LogP contribution in [0.15, 0.2) is 0 Å². The maximum absolute atomic E-state index is 6.32. The fourth-order valence-corrected chi connectivity index (χ4v) is 2.87. The molecule has 0 saturated carbocycles. The number of ether oxygens (including phenoxy) is 1. The van der Waals surface area contributed by atoms with Crippen LogP contribution in [-0.2, 0) is 24.8 Å². The Morgan fingerprint density at radius 1 is 1.33 bits per heavy atom. The van der Waals surface area contributed by atoms with Gasteiger partial charge in [0.25, 0.3) is 0 Å². The van der Waals surface area contributed by atoms with Gasteiger partial charge in [-0.3, -0.25) is 4.68 Å². The van der Waals surface area contributed by atoms with E-state index in [1.54, 1.807) is 7.11 Å². The molecule has 0 radical (unpaired) electrons. The van der Waals surface area contributed by atoms with Crippen LogP contribution in [0.1, 0.15) is 50.0 Å². The van der Waals surface area contributed by atoms with Gasteiger partial charge in [0, 0.05) is 27.3 Å². The molecule has 0 aliphatic rings. The standard InChI is InChI=1S/C15H25ClN4O/c1-5-8-12-13-15(19(3)18-12)20(9-6-7-10-21-4)14(17-13)11(2)16/h11H,5-10H2,1-4H3. The molecule has 0 aliphatic carbocycles. The van der Waals surface area contributed by atoms with Gasteiger partial charge < -0.3 is 9.30 Å². The molecule has 0 bridgehead atoms. The largest absolute Gasteiger partial charge is 0.385 e. The molecule has 2 aromatic rings. The number of imidazole rings is 1. The Labute approximate surface area is 131 Å². The van der Waals surface area contributed by atoms with Crippen molar-refractivity contribution in [1.29, 1.82) is 0 Å². The number of hydrogen-bond acceptors (Lipinski definition) is 3. The second-order valence-corrected chi connectivity index (χ2v) is 6.08. The number of aromatic nitrogens is 4. The summed E-state index contributed by atoms with van der Waals surface area (Å²) in [5.74, 6) is 0.939. The summed E-state index contributed by atoms with van der Waals surface area (Å²) in [7, 11) is 3.72. The quantitative estimate of drug-likeness (QED) is 0.554. The Kier molecular flexibility index (Phi) is 5.65. The summed E-state index contributed by atoms with van der Waals surface area (Å²) in [6.07, 6.45) is 4.10. The lowest BCUT2D eigenvalue weighted by molar-refractivity contribution is 0.191. The summed E-state index contributed by atoms with van der Waals surface area (Å²) in [5.41, 5.74) is 3.16. The molecule has 0 N–H and O–H groups in total. The van der Waals surface area contributed by atoms with E-state index in [0.717, 1.165) is 61.5 Å². The zero-order valence-electron chi connectivity index (χ0n) is 13.4. The third-order valence-corrected chi connectivity index (χ3v) is 3.84. The average Bonchev–Trinajstić information content (AvgIpc) is 2.95. The summed E-state index contributed by atoms with van der Waals surface area (Å²) in [6, 6.07) is 0. The van der Waals surface area contributed by atoms with E-state index in [2.05, 4.69) is 16.6 Å². The predicted octanol–water partition coefficient (Wildman–Crippen LogP) is 3.45. The normalized spacial score (nSPS) is 13.2. The van der Waals surface area contributed by atoms with Crippen LogP contribution in [-0.4, -0.2) is 33.0 Å². The van der Waals surface area contributed by atoms with Crippen molar-refractivity contribution in [3.63, 3.8) is 0 Å². The summed E-state index contributed by atoms with van der Waals surface area (Å²) >= 11 is 6.32. The van der Waals surface area contributed by atoms with Crippen LogP contribution in [0, 0.1) is 0 Å². The van der Waals surface area contributed by atoms with Crippen LogP contribution < -0.4 is 0 Å². The number of alkyl halides is 1. The number of unbranched alkanes of at least 4 members (excludes halogenated alkanes) is 1. The van der Waals surface area contributed by atoms with E-state index in [1.807, 2.05) is 18.7 Å². The molecule has 0 spiro atoms. The number of rotatable bonds is 8. The summed E-state index contributed by atoms with van der Waals surface area (Å²) in [5, 5.41) is 4.51. The van der Waals surface area contributed by atoms with E-state index >= 15 is 0 Å². The van der Waals surface area contributed by atoms with Crippen molar-refractivity contribution in [2.75, 3.05) is 13.7 Å². The molecule has 0 aliphatic heterocycles. The van der Waals surface area contributed by atoms with Gasteiger partial charge >= 0.3 is 0 Å². The number of nitrogens with zero attached hydrogens (tertiary/aromatic N) is 4. The number of aryl methyl sites for hydroxylation is 3. The molecule has 6 heteroatoms. The zero-order chi connectivity index (χ0) is 15.4. The number of fused-ring (bicyclic) bond motifs is 1. The summed E-state index contributed by atoms with van der Waals surface area (Å²) in [6.45, 7) is 5.82. The van der Waals surface area contributed by atoms with Gasteiger partial charge in [-0.2, -0.15) is 5.10 Å². The van der Waals surface area contributed by atoms with Crippen molar-refractivity contribution in [2.24, 2.45) is 7.05 Å². The lowest BCUT2D eigenvalue weighted by Gasteiger charge is -2.10. The predicted molar refractivity (Wildman–Crippen MR) is 85.9 cm³/mol. The van der Waals surface area contributed by atoms with Crippen LogP contribution in [0.4, 0.5) is 0 Å². The van der Waals surface area contributed by atoms with Gasteiger partial charge in [0.1, 0.15) is 11.3 Å². The van der Waals surface area contributed by atoms with E-state index in [9.17, 15) is 0 Å². The first-order chi connectivity index (χ1) is 10.1. The minimum absolute atomic E-state index is 0.102. The highest BCUT2D eigenvalue weighted by Crippen LogP contribution is 2.27. The molecule has 2 aromatic heterocycles. The molecular weight excluding hydrogens is 288 g/mol. The molecule has 2 heterocycles. The monoisotopic (exact) mass is 312 g/mol. The Hall–Kier alpha value is -1.07. The maximum atomic E-state index is 6.32. The molecule has 0 aromatic carbocycles. The highest BCUT2D eigenvalue weighted by Gasteiger charge is 2.20. The molecule has 118 valence electrons. The SMILES string of the molecule is CCCc1nn(C)c2c1nc(C(C)Cl)n2CCCCOC. The highest BCUT2D eigenvalue weighted by atomic mass is 35.5. The van der Waals surface area contributed by atoms with E-state index in [1.165, 1.54) is 0 Å². The first-order valence-corrected chi connectivity index (χ1v) is 8.08. The Balaban J connectivity index is 2.37. The molecule has 0 amide bonds. The van der Waals surface area contributed by atoms with Crippen molar-refractivity contribution in [3.8, 4) is 0 Å². The third kappa shape index (κ3) is 3.40. The second kappa shape index (κ2) is 7.27. The smallest absolute Gasteiger partial charge is 0.158 e. The van der Waals surface area contributed by atoms with Gasteiger partial charge in [0.15, 0.2) is 5.65 Å². The number of halogens is 1. The molecule has 0 fully saturated rings. The second-order valence-electron chi connectivity index (χ2n) is 5.43. The van der Waals surface area contributed by atoms with Crippen molar-refractivity contribution < 1.29 is 4.74 Å². The molecule has 1 unspecified atom stereocenters. The van der Waals surface area contributed by atoms with Crippen molar-refractivity contribution in [3.05, 3.63) is 11.5 Å². The van der Waals surface area contributed by atoms with Crippen LogP contribution in [0.25, 0.3) is 11.2 Å². The molecule has 0 saturated heterocycles. The Bertz CT molecular complexity index is 588. The van der Waals surface area contributed by atoms with Crippen LogP contribution in [0.2, 0.25) is 0 Å². The van der Waals surface area contributed by atoms with Gasteiger partial charge in [-0.1, -0.05) is 13.3 Å². The Morgan fingerprint density at radius 3 is 2.71 bits per heavy atom. The molecule has 5 nitrogen and oxygen atoms in total. The molecule has 2 rings (SSSR count). The Morgan fingerprint density at radius 2 is 2.10 bits per heavy atom. The van der Waals surface area contributed by atoms with Crippen LogP contribution >= 0.6 is 11.6 Å². The van der Waals surface area contributed by atoms with Crippen molar-refractivity contribution in [1.82, 2.24) is 19.3 Å².